The lowest BCUT2D eigenvalue weighted by atomic mass is 9.83. The summed E-state index contributed by atoms with van der Waals surface area (Å²) in [6, 6.07) is 18.4. The third kappa shape index (κ3) is 3.44. The number of hydrogen-bond acceptors (Lipinski definition) is 3. The summed E-state index contributed by atoms with van der Waals surface area (Å²) in [5, 5.41) is 19.2. The van der Waals surface area contributed by atoms with Crippen LogP contribution in [0.4, 0.5) is 4.39 Å². The van der Waals surface area contributed by atoms with Crippen molar-refractivity contribution in [3.8, 4) is 5.75 Å². The Kier molecular flexibility index (Phi) is 5.13. The first-order chi connectivity index (χ1) is 13.3. The second-order valence-electron chi connectivity index (χ2n) is 6.27. The number of para-hydroxylation sites is 1. The van der Waals surface area contributed by atoms with Crippen LogP contribution >= 0.6 is 0 Å². The number of aromatic carboxylic acids is 2. The molecule has 0 fully saturated rings. The second-order valence-corrected chi connectivity index (χ2v) is 6.27. The summed E-state index contributed by atoms with van der Waals surface area (Å²) in [5.74, 6) is -3.05. The van der Waals surface area contributed by atoms with Gasteiger partial charge in [-0.15, -0.1) is 0 Å². The van der Waals surface area contributed by atoms with E-state index < -0.39 is 34.5 Å². The highest BCUT2D eigenvalue weighted by Gasteiger charge is 2.39. The van der Waals surface area contributed by atoms with Crippen molar-refractivity contribution in [1.29, 1.82) is 0 Å². The Morgan fingerprint density at radius 1 is 0.821 bits per heavy atom. The third-order valence-electron chi connectivity index (χ3n) is 4.48. The van der Waals surface area contributed by atoms with Gasteiger partial charge in [-0.1, -0.05) is 48.5 Å². The zero-order chi connectivity index (χ0) is 20.3. The SMILES string of the molecule is CC(Oc1ccccc1)(c1ccccc1F)c1cccc(C(=O)O)c1C(=O)O. The van der Waals surface area contributed by atoms with Crippen LogP contribution in [0.1, 0.15) is 38.8 Å². The molecule has 0 amide bonds. The Hall–Kier alpha value is -3.67. The minimum Gasteiger partial charge on any atom is -0.478 e. The molecule has 0 aliphatic heterocycles. The van der Waals surface area contributed by atoms with E-state index in [-0.39, 0.29) is 11.1 Å². The highest BCUT2D eigenvalue weighted by Crippen LogP contribution is 2.38. The lowest BCUT2D eigenvalue weighted by Gasteiger charge is -2.33. The average molecular weight is 380 g/mol. The van der Waals surface area contributed by atoms with E-state index in [4.69, 9.17) is 4.74 Å². The van der Waals surface area contributed by atoms with Gasteiger partial charge < -0.3 is 14.9 Å². The number of carbonyl (C=O) groups is 2. The Morgan fingerprint density at radius 2 is 1.43 bits per heavy atom. The maximum atomic E-state index is 14.7. The van der Waals surface area contributed by atoms with E-state index in [2.05, 4.69) is 0 Å². The Labute approximate surface area is 160 Å². The Balaban J connectivity index is 2.32. The quantitative estimate of drug-likeness (QED) is 0.655. The molecule has 0 saturated carbocycles. The molecule has 2 N–H and O–H groups in total. The van der Waals surface area contributed by atoms with Crippen molar-refractivity contribution >= 4 is 11.9 Å². The van der Waals surface area contributed by atoms with Crippen LogP contribution in [0, 0.1) is 5.82 Å². The maximum absolute atomic E-state index is 14.7. The van der Waals surface area contributed by atoms with Gasteiger partial charge in [0.2, 0.25) is 0 Å². The molecule has 3 aromatic carbocycles. The normalized spacial score (nSPS) is 12.8. The van der Waals surface area contributed by atoms with E-state index in [9.17, 15) is 24.2 Å². The number of rotatable bonds is 6. The Bertz CT molecular complexity index is 1030. The largest absolute Gasteiger partial charge is 0.478 e. The summed E-state index contributed by atoms with van der Waals surface area (Å²) >= 11 is 0. The fourth-order valence-electron chi connectivity index (χ4n) is 3.19. The van der Waals surface area contributed by atoms with Crippen molar-refractivity contribution in [3.63, 3.8) is 0 Å². The number of carboxylic acid groups (broad SMARTS) is 2. The summed E-state index contributed by atoms with van der Waals surface area (Å²) in [6.45, 7) is 1.52. The van der Waals surface area contributed by atoms with E-state index in [1.165, 1.54) is 43.3 Å². The molecular formula is C22H17FO5. The van der Waals surface area contributed by atoms with Crippen LogP contribution in [0.2, 0.25) is 0 Å². The monoisotopic (exact) mass is 380 g/mol. The van der Waals surface area contributed by atoms with Gasteiger partial charge in [-0.25, -0.2) is 14.0 Å². The first-order valence-corrected chi connectivity index (χ1v) is 8.43. The molecule has 1 unspecified atom stereocenters. The fraction of sp³-hybridized carbons (Fsp3) is 0.0909. The predicted molar refractivity (Wildman–Crippen MR) is 100 cm³/mol. The number of benzene rings is 3. The van der Waals surface area contributed by atoms with Gasteiger partial charge in [0.05, 0.1) is 11.1 Å². The minimum atomic E-state index is -1.59. The van der Waals surface area contributed by atoms with E-state index in [0.717, 1.165) is 0 Å². The molecule has 0 aliphatic rings. The van der Waals surface area contributed by atoms with Crippen LogP contribution in [0.25, 0.3) is 0 Å². The maximum Gasteiger partial charge on any atom is 0.337 e. The molecule has 28 heavy (non-hydrogen) atoms. The van der Waals surface area contributed by atoms with Crippen molar-refractivity contribution in [2.75, 3.05) is 0 Å². The van der Waals surface area contributed by atoms with E-state index in [1.54, 1.807) is 36.4 Å². The minimum absolute atomic E-state index is 0.0360. The molecular weight excluding hydrogens is 363 g/mol. The molecule has 6 heteroatoms. The summed E-state index contributed by atoms with van der Waals surface area (Å²) in [5.41, 5.74) is -2.31. The molecule has 0 heterocycles. The lowest BCUT2D eigenvalue weighted by molar-refractivity contribution is 0.0640. The second kappa shape index (κ2) is 7.52. The molecule has 0 aliphatic carbocycles. The molecule has 1 atom stereocenters. The van der Waals surface area contributed by atoms with Gasteiger partial charge in [0, 0.05) is 11.1 Å². The van der Waals surface area contributed by atoms with Crippen LogP contribution in [-0.4, -0.2) is 22.2 Å². The summed E-state index contributed by atoms with van der Waals surface area (Å²) < 4.78 is 20.8. The van der Waals surface area contributed by atoms with Gasteiger partial charge in [-0.3, -0.25) is 0 Å². The van der Waals surface area contributed by atoms with E-state index >= 15 is 0 Å². The number of carboxylic acids is 2. The highest BCUT2D eigenvalue weighted by molar-refractivity contribution is 6.03. The molecule has 0 saturated heterocycles. The van der Waals surface area contributed by atoms with Gasteiger partial charge in [0.15, 0.2) is 5.60 Å². The first-order valence-electron chi connectivity index (χ1n) is 8.43. The predicted octanol–water partition coefficient (Wildman–Crippen LogP) is 4.56. The standard InChI is InChI=1S/C22H17FO5/c1-22(16-11-5-6-13-18(16)23,28-14-8-3-2-4-9-14)17-12-7-10-15(20(24)25)19(17)21(26)27/h2-13H,1H3,(H,24,25)(H,26,27). The first kappa shape index (κ1) is 19.1. The zero-order valence-corrected chi connectivity index (χ0v) is 14.9. The number of hydrogen-bond donors (Lipinski definition) is 2. The van der Waals surface area contributed by atoms with E-state index in [1.807, 2.05) is 0 Å². The van der Waals surface area contributed by atoms with Crippen molar-refractivity contribution in [3.05, 3.63) is 101 Å². The average Bonchev–Trinajstić information content (AvgIpc) is 2.68. The molecule has 3 rings (SSSR count). The third-order valence-corrected chi connectivity index (χ3v) is 4.48. The van der Waals surface area contributed by atoms with Crippen LogP contribution < -0.4 is 4.74 Å². The summed E-state index contributed by atoms with van der Waals surface area (Å²) in [7, 11) is 0. The van der Waals surface area contributed by atoms with Crippen molar-refractivity contribution in [2.24, 2.45) is 0 Å². The van der Waals surface area contributed by atoms with Crippen LogP contribution in [0.5, 0.6) is 5.75 Å². The van der Waals surface area contributed by atoms with Gasteiger partial charge >= 0.3 is 11.9 Å². The van der Waals surface area contributed by atoms with Crippen LogP contribution in [0.3, 0.4) is 0 Å². The number of halogens is 1. The topological polar surface area (TPSA) is 83.8 Å². The van der Waals surface area contributed by atoms with Crippen LogP contribution in [0.15, 0.2) is 72.8 Å². The lowest BCUT2D eigenvalue weighted by Crippen LogP contribution is -2.34. The molecule has 0 spiro atoms. The zero-order valence-electron chi connectivity index (χ0n) is 14.9. The molecule has 3 aromatic rings. The molecule has 0 bridgehead atoms. The smallest absolute Gasteiger partial charge is 0.337 e. The van der Waals surface area contributed by atoms with Crippen molar-refractivity contribution in [2.45, 2.75) is 12.5 Å². The van der Waals surface area contributed by atoms with Gasteiger partial charge in [-0.05, 0) is 31.2 Å². The molecule has 0 radical (unpaired) electrons. The van der Waals surface area contributed by atoms with Crippen molar-refractivity contribution < 1.29 is 28.9 Å². The van der Waals surface area contributed by atoms with E-state index in [0.29, 0.717) is 5.75 Å². The summed E-state index contributed by atoms with van der Waals surface area (Å²) in [6.07, 6.45) is 0. The highest BCUT2D eigenvalue weighted by atomic mass is 19.1. The van der Waals surface area contributed by atoms with Gasteiger partial charge in [0.1, 0.15) is 11.6 Å². The summed E-state index contributed by atoms with van der Waals surface area (Å²) in [4.78, 5) is 23.5. The fourth-order valence-corrected chi connectivity index (χ4v) is 3.19. The molecule has 0 aromatic heterocycles. The Morgan fingerprint density at radius 3 is 2.04 bits per heavy atom. The van der Waals surface area contributed by atoms with Crippen molar-refractivity contribution in [1.82, 2.24) is 0 Å². The van der Waals surface area contributed by atoms with Gasteiger partial charge in [-0.2, -0.15) is 0 Å². The van der Waals surface area contributed by atoms with Gasteiger partial charge in [0.25, 0.3) is 0 Å². The number of ether oxygens (including phenoxy) is 1. The van der Waals surface area contributed by atoms with Crippen LogP contribution in [-0.2, 0) is 5.60 Å². The molecule has 5 nitrogen and oxygen atoms in total. The molecule has 142 valence electrons.